The number of hydrogen-bond donors (Lipinski definition) is 1. The minimum atomic E-state index is 0.285. The largest absolute Gasteiger partial charge is 0.381 e. The van der Waals surface area contributed by atoms with Crippen LogP contribution in [0.1, 0.15) is 25.3 Å². The van der Waals surface area contributed by atoms with Gasteiger partial charge in [0.1, 0.15) is 0 Å². The van der Waals surface area contributed by atoms with E-state index in [1.165, 1.54) is 24.1 Å². The van der Waals surface area contributed by atoms with E-state index in [2.05, 4.69) is 47.3 Å². The van der Waals surface area contributed by atoms with Crippen LogP contribution in [0.4, 0.5) is 5.69 Å². The van der Waals surface area contributed by atoms with E-state index in [1.54, 1.807) is 0 Å². The molecule has 2 atom stereocenters. The summed E-state index contributed by atoms with van der Waals surface area (Å²) < 4.78 is 5.61. The van der Waals surface area contributed by atoms with Crippen molar-refractivity contribution in [1.82, 2.24) is 10.2 Å². The Morgan fingerprint density at radius 1 is 1.24 bits per heavy atom. The number of benzene rings is 1. The van der Waals surface area contributed by atoms with E-state index in [0.717, 1.165) is 51.0 Å². The summed E-state index contributed by atoms with van der Waals surface area (Å²) in [6.45, 7) is 9.58. The second-order valence-corrected chi connectivity index (χ2v) is 8.76. The molecule has 0 aliphatic carbocycles. The topological polar surface area (TPSA) is 27.7 Å². The first-order chi connectivity index (χ1) is 12.0. The summed E-state index contributed by atoms with van der Waals surface area (Å²) in [6, 6.07) is 6.58. The Balaban J connectivity index is 1.48. The monoisotopic (exact) mass is 363 g/mol. The molecule has 0 bridgehead atoms. The minimum Gasteiger partial charge on any atom is -0.381 e. The van der Waals surface area contributed by atoms with Crippen LogP contribution in [0.5, 0.6) is 0 Å². The summed E-state index contributed by atoms with van der Waals surface area (Å²) >= 11 is 6.55. The highest BCUT2D eigenvalue weighted by Crippen LogP contribution is 2.37. The maximum absolute atomic E-state index is 6.55. The molecule has 1 N–H and O–H groups in total. The van der Waals surface area contributed by atoms with Gasteiger partial charge < -0.3 is 15.0 Å². The number of anilines is 1. The van der Waals surface area contributed by atoms with Crippen LogP contribution in [0.15, 0.2) is 18.2 Å². The fourth-order valence-electron chi connectivity index (χ4n) is 4.59. The molecule has 5 heteroatoms. The van der Waals surface area contributed by atoms with Gasteiger partial charge in [-0.05, 0) is 57.6 Å². The molecular formula is C20H30ClN3O. The zero-order chi connectivity index (χ0) is 17.4. The number of hydrogen-bond acceptors (Lipinski definition) is 4. The van der Waals surface area contributed by atoms with Crippen molar-refractivity contribution >= 4 is 17.3 Å². The number of piperidine rings is 1. The van der Waals surface area contributed by atoms with Gasteiger partial charge in [-0.15, -0.1) is 0 Å². The Kier molecular flexibility index (Phi) is 4.98. The van der Waals surface area contributed by atoms with Crippen molar-refractivity contribution in [2.45, 2.75) is 31.8 Å². The number of fused-ring (bicyclic) bond motifs is 1. The van der Waals surface area contributed by atoms with Crippen LogP contribution in [0.25, 0.3) is 0 Å². The van der Waals surface area contributed by atoms with E-state index in [-0.39, 0.29) is 5.54 Å². The molecule has 3 aliphatic heterocycles. The number of nitrogens with zero attached hydrogens (tertiary/aromatic N) is 2. The first-order valence-electron chi connectivity index (χ1n) is 9.58. The molecule has 1 aromatic rings. The smallest absolute Gasteiger partial charge is 0.0639 e. The van der Waals surface area contributed by atoms with Gasteiger partial charge in [0.15, 0.2) is 0 Å². The standard InChI is InChI=1S/C20H30ClN3O/c1-20(5-7-22-8-6-20)23(2)10-15-3-4-18(21)19(9-15)24-11-16-13-25-14-17(16)12-24/h3-4,9,16-17,22H,5-8,10-14H2,1-2H3. The Hall–Kier alpha value is -0.810. The van der Waals surface area contributed by atoms with Gasteiger partial charge in [0.25, 0.3) is 0 Å². The molecule has 0 aromatic heterocycles. The van der Waals surface area contributed by atoms with Crippen molar-refractivity contribution in [3.05, 3.63) is 28.8 Å². The summed E-state index contributed by atoms with van der Waals surface area (Å²) in [5.41, 5.74) is 2.85. The third-order valence-electron chi connectivity index (χ3n) is 6.61. The zero-order valence-electron chi connectivity index (χ0n) is 15.4. The van der Waals surface area contributed by atoms with Crippen LogP contribution in [0.2, 0.25) is 5.02 Å². The third kappa shape index (κ3) is 3.55. The average molecular weight is 364 g/mol. The van der Waals surface area contributed by atoms with E-state index in [1.807, 2.05) is 0 Å². The lowest BCUT2D eigenvalue weighted by atomic mass is 9.88. The molecule has 138 valence electrons. The lowest BCUT2D eigenvalue weighted by Crippen LogP contribution is -2.50. The fraction of sp³-hybridized carbons (Fsp3) is 0.700. The average Bonchev–Trinajstić information content (AvgIpc) is 3.19. The number of nitrogens with one attached hydrogen (secondary N) is 1. The van der Waals surface area contributed by atoms with Crippen LogP contribution >= 0.6 is 11.6 Å². The maximum atomic E-state index is 6.55. The summed E-state index contributed by atoms with van der Waals surface area (Å²) in [7, 11) is 2.26. The third-order valence-corrected chi connectivity index (χ3v) is 6.93. The SMILES string of the molecule is CN(Cc1ccc(Cl)c(N2CC3COCC3C2)c1)C1(C)CCNCC1. The number of rotatable bonds is 4. The predicted molar refractivity (Wildman–Crippen MR) is 103 cm³/mol. The molecule has 3 fully saturated rings. The Morgan fingerprint density at radius 2 is 1.92 bits per heavy atom. The molecule has 3 aliphatic rings. The molecule has 2 unspecified atom stereocenters. The lowest BCUT2D eigenvalue weighted by molar-refractivity contribution is 0.0928. The Morgan fingerprint density at radius 3 is 2.60 bits per heavy atom. The van der Waals surface area contributed by atoms with E-state index < -0.39 is 0 Å². The van der Waals surface area contributed by atoms with Gasteiger partial charge in [-0.1, -0.05) is 17.7 Å². The van der Waals surface area contributed by atoms with Crippen LogP contribution in [0.3, 0.4) is 0 Å². The molecular weight excluding hydrogens is 334 g/mol. The van der Waals surface area contributed by atoms with E-state index in [0.29, 0.717) is 11.8 Å². The molecule has 0 radical (unpaired) electrons. The molecule has 0 amide bonds. The normalized spacial score (nSPS) is 28.6. The Bertz CT molecular complexity index is 605. The second-order valence-electron chi connectivity index (χ2n) is 8.35. The van der Waals surface area contributed by atoms with Crippen molar-refractivity contribution in [3.63, 3.8) is 0 Å². The second kappa shape index (κ2) is 7.07. The fourth-order valence-corrected chi connectivity index (χ4v) is 4.83. The Labute approximate surface area is 156 Å². The van der Waals surface area contributed by atoms with Gasteiger partial charge in [-0.3, -0.25) is 4.90 Å². The quantitative estimate of drug-likeness (QED) is 0.890. The summed E-state index contributed by atoms with van der Waals surface area (Å²) in [5, 5.41) is 4.35. The lowest BCUT2D eigenvalue weighted by Gasteiger charge is -2.42. The number of ether oxygens (including phenoxy) is 1. The molecule has 4 nitrogen and oxygen atoms in total. The summed E-state index contributed by atoms with van der Waals surface area (Å²) in [4.78, 5) is 4.99. The van der Waals surface area contributed by atoms with Gasteiger partial charge in [-0.2, -0.15) is 0 Å². The van der Waals surface area contributed by atoms with Crippen LogP contribution in [-0.4, -0.2) is 56.9 Å². The molecule has 25 heavy (non-hydrogen) atoms. The highest BCUT2D eigenvalue weighted by atomic mass is 35.5. The van der Waals surface area contributed by atoms with Crippen LogP contribution in [-0.2, 0) is 11.3 Å². The molecule has 0 spiro atoms. The first kappa shape index (κ1) is 17.6. The molecule has 0 saturated carbocycles. The summed E-state index contributed by atoms with van der Waals surface area (Å²) in [6.07, 6.45) is 2.42. The van der Waals surface area contributed by atoms with Gasteiger partial charge in [-0.25, -0.2) is 0 Å². The summed E-state index contributed by atoms with van der Waals surface area (Å²) in [5.74, 6) is 1.35. The number of halogens is 1. The van der Waals surface area contributed by atoms with Gasteiger partial charge in [0.05, 0.1) is 23.9 Å². The van der Waals surface area contributed by atoms with Crippen molar-refractivity contribution in [3.8, 4) is 0 Å². The first-order valence-corrected chi connectivity index (χ1v) is 9.96. The molecule has 3 heterocycles. The van der Waals surface area contributed by atoms with Gasteiger partial charge in [0.2, 0.25) is 0 Å². The van der Waals surface area contributed by atoms with Crippen LogP contribution in [0, 0.1) is 11.8 Å². The van der Waals surface area contributed by atoms with Crippen molar-refractivity contribution in [2.24, 2.45) is 11.8 Å². The molecule has 1 aromatic carbocycles. The zero-order valence-corrected chi connectivity index (χ0v) is 16.2. The minimum absolute atomic E-state index is 0.285. The van der Waals surface area contributed by atoms with E-state index >= 15 is 0 Å². The van der Waals surface area contributed by atoms with Gasteiger partial charge >= 0.3 is 0 Å². The van der Waals surface area contributed by atoms with Gasteiger partial charge in [0, 0.05) is 37.0 Å². The molecule has 4 rings (SSSR count). The van der Waals surface area contributed by atoms with Crippen LogP contribution < -0.4 is 10.2 Å². The highest BCUT2D eigenvalue weighted by molar-refractivity contribution is 6.33. The van der Waals surface area contributed by atoms with Crippen molar-refractivity contribution in [1.29, 1.82) is 0 Å². The van der Waals surface area contributed by atoms with Crippen molar-refractivity contribution in [2.75, 3.05) is 51.3 Å². The van der Waals surface area contributed by atoms with E-state index in [9.17, 15) is 0 Å². The highest BCUT2D eigenvalue weighted by Gasteiger charge is 2.38. The molecule has 3 saturated heterocycles. The van der Waals surface area contributed by atoms with Crippen molar-refractivity contribution < 1.29 is 4.74 Å². The van der Waals surface area contributed by atoms with E-state index in [4.69, 9.17) is 16.3 Å². The predicted octanol–water partition coefficient (Wildman–Crippen LogP) is 3.00. The maximum Gasteiger partial charge on any atom is 0.0639 e.